The Hall–Kier alpha value is -1.32. The second-order valence-electron chi connectivity index (χ2n) is 3.82. The van der Waals surface area contributed by atoms with Crippen LogP contribution in [-0.2, 0) is 17.6 Å². The first kappa shape index (κ1) is 11.8. The second-order valence-corrected chi connectivity index (χ2v) is 3.82. The number of hydrogen-bond donors (Lipinski definition) is 1. The highest BCUT2D eigenvalue weighted by molar-refractivity contribution is 5.66. The molecule has 0 unspecified atom stereocenters. The molecular weight excluding hydrogens is 194 g/mol. The zero-order valence-electron chi connectivity index (χ0n) is 9.41. The molecule has 0 spiro atoms. The number of rotatable bonds is 5. The maximum Gasteiger partial charge on any atom is 0.303 e. The standard InChI is InChI=1S/C11H17NO3/c1-4-8-11(7(2)3)15-9(12-8)5-6-10(13)14/h7H,4-6H2,1-3H3,(H,13,14). The number of oxazole rings is 1. The first-order chi connectivity index (χ1) is 7.04. The monoisotopic (exact) mass is 211 g/mol. The third-order valence-electron chi connectivity index (χ3n) is 2.18. The lowest BCUT2D eigenvalue weighted by Gasteiger charge is -2.00. The lowest BCUT2D eigenvalue weighted by Crippen LogP contribution is -1.97. The zero-order valence-corrected chi connectivity index (χ0v) is 9.41. The zero-order chi connectivity index (χ0) is 11.4. The summed E-state index contributed by atoms with van der Waals surface area (Å²) in [7, 11) is 0. The van der Waals surface area contributed by atoms with Gasteiger partial charge in [-0.3, -0.25) is 4.79 Å². The van der Waals surface area contributed by atoms with E-state index in [0.29, 0.717) is 18.2 Å². The van der Waals surface area contributed by atoms with Crippen LogP contribution in [0.15, 0.2) is 4.42 Å². The summed E-state index contributed by atoms with van der Waals surface area (Å²) in [4.78, 5) is 14.7. The molecule has 1 aromatic heterocycles. The maximum absolute atomic E-state index is 10.4. The molecule has 1 heterocycles. The van der Waals surface area contributed by atoms with Crippen LogP contribution in [0.25, 0.3) is 0 Å². The number of aliphatic carboxylic acids is 1. The summed E-state index contributed by atoms with van der Waals surface area (Å²) in [5.41, 5.74) is 0.949. The number of nitrogens with zero attached hydrogens (tertiary/aromatic N) is 1. The summed E-state index contributed by atoms with van der Waals surface area (Å²) in [6.07, 6.45) is 1.26. The topological polar surface area (TPSA) is 63.3 Å². The molecule has 0 fully saturated rings. The smallest absolute Gasteiger partial charge is 0.303 e. The maximum atomic E-state index is 10.4. The molecular formula is C11H17NO3. The summed E-state index contributed by atoms with van der Waals surface area (Å²) >= 11 is 0. The van der Waals surface area contributed by atoms with E-state index in [1.165, 1.54) is 0 Å². The van der Waals surface area contributed by atoms with Crippen LogP contribution in [0, 0.1) is 0 Å². The van der Waals surface area contributed by atoms with E-state index in [9.17, 15) is 4.79 Å². The Morgan fingerprint density at radius 2 is 2.20 bits per heavy atom. The normalized spacial score (nSPS) is 10.9. The van der Waals surface area contributed by atoms with Crippen molar-refractivity contribution in [3.05, 3.63) is 17.3 Å². The molecule has 4 nitrogen and oxygen atoms in total. The third-order valence-corrected chi connectivity index (χ3v) is 2.18. The minimum Gasteiger partial charge on any atom is -0.481 e. The van der Waals surface area contributed by atoms with Crippen LogP contribution in [0.3, 0.4) is 0 Å². The first-order valence-electron chi connectivity index (χ1n) is 5.24. The van der Waals surface area contributed by atoms with Crippen LogP contribution in [-0.4, -0.2) is 16.1 Å². The highest BCUT2D eigenvalue weighted by Crippen LogP contribution is 2.21. The predicted molar refractivity (Wildman–Crippen MR) is 55.9 cm³/mol. The van der Waals surface area contributed by atoms with Crippen molar-refractivity contribution < 1.29 is 14.3 Å². The van der Waals surface area contributed by atoms with Crippen molar-refractivity contribution in [2.75, 3.05) is 0 Å². The van der Waals surface area contributed by atoms with E-state index in [0.717, 1.165) is 17.9 Å². The molecule has 0 aliphatic rings. The fourth-order valence-electron chi connectivity index (χ4n) is 1.44. The molecule has 0 saturated carbocycles. The number of carboxylic acid groups (broad SMARTS) is 1. The number of aryl methyl sites for hydroxylation is 2. The van der Waals surface area contributed by atoms with Crippen LogP contribution < -0.4 is 0 Å². The Morgan fingerprint density at radius 3 is 2.60 bits per heavy atom. The molecule has 0 aliphatic carbocycles. The van der Waals surface area contributed by atoms with Crippen LogP contribution in [0.2, 0.25) is 0 Å². The van der Waals surface area contributed by atoms with Gasteiger partial charge in [0.05, 0.1) is 12.1 Å². The number of carbonyl (C=O) groups is 1. The molecule has 4 heteroatoms. The highest BCUT2D eigenvalue weighted by Gasteiger charge is 2.15. The van der Waals surface area contributed by atoms with Gasteiger partial charge in [-0.2, -0.15) is 0 Å². The quantitative estimate of drug-likeness (QED) is 0.812. The van der Waals surface area contributed by atoms with Crippen molar-refractivity contribution >= 4 is 5.97 Å². The minimum atomic E-state index is -0.822. The van der Waals surface area contributed by atoms with E-state index in [-0.39, 0.29) is 6.42 Å². The third kappa shape index (κ3) is 3.08. The van der Waals surface area contributed by atoms with Crippen molar-refractivity contribution in [1.82, 2.24) is 4.98 Å². The van der Waals surface area contributed by atoms with Gasteiger partial charge in [0.15, 0.2) is 5.89 Å². The molecule has 15 heavy (non-hydrogen) atoms. The van der Waals surface area contributed by atoms with Crippen molar-refractivity contribution in [3.8, 4) is 0 Å². The molecule has 0 saturated heterocycles. The Bertz CT molecular complexity index is 342. The van der Waals surface area contributed by atoms with E-state index < -0.39 is 5.97 Å². The molecule has 84 valence electrons. The molecule has 0 atom stereocenters. The predicted octanol–water partition coefficient (Wildman–Crippen LogP) is 2.38. The van der Waals surface area contributed by atoms with E-state index >= 15 is 0 Å². The van der Waals surface area contributed by atoms with Crippen LogP contribution in [0.5, 0.6) is 0 Å². The van der Waals surface area contributed by atoms with Gasteiger partial charge in [0.1, 0.15) is 5.76 Å². The van der Waals surface area contributed by atoms with Crippen molar-refractivity contribution in [1.29, 1.82) is 0 Å². The van der Waals surface area contributed by atoms with E-state index in [1.54, 1.807) is 0 Å². The average molecular weight is 211 g/mol. The summed E-state index contributed by atoms with van der Waals surface area (Å²) in [6, 6.07) is 0. The Kier molecular flexibility index (Phi) is 3.88. The van der Waals surface area contributed by atoms with Gasteiger partial charge in [0.2, 0.25) is 0 Å². The largest absolute Gasteiger partial charge is 0.481 e. The summed E-state index contributed by atoms with van der Waals surface area (Å²) in [6.45, 7) is 6.10. The number of aromatic nitrogens is 1. The van der Waals surface area contributed by atoms with Crippen LogP contribution in [0.1, 0.15) is 50.5 Å². The van der Waals surface area contributed by atoms with Crippen LogP contribution >= 0.6 is 0 Å². The van der Waals surface area contributed by atoms with Gasteiger partial charge in [-0.25, -0.2) is 4.98 Å². The molecule has 0 radical (unpaired) electrons. The van der Waals surface area contributed by atoms with Crippen LogP contribution in [0.4, 0.5) is 0 Å². The van der Waals surface area contributed by atoms with Gasteiger partial charge in [0.25, 0.3) is 0 Å². The summed E-state index contributed by atoms with van der Waals surface area (Å²) < 4.78 is 5.54. The lowest BCUT2D eigenvalue weighted by atomic mass is 10.1. The molecule has 0 aromatic carbocycles. The first-order valence-corrected chi connectivity index (χ1v) is 5.24. The molecule has 0 amide bonds. The highest BCUT2D eigenvalue weighted by atomic mass is 16.4. The van der Waals surface area contributed by atoms with Crippen molar-refractivity contribution in [2.45, 2.75) is 46.0 Å². The SMILES string of the molecule is CCc1nc(CCC(=O)O)oc1C(C)C. The molecule has 1 aromatic rings. The fourth-order valence-corrected chi connectivity index (χ4v) is 1.44. The fraction of sp³-hybridized carbons (Fsp3) is 0.636. The molecule has 1 rings (SSSR count). The van der Waals surface area contributed by atoms with Gasteiger partial charge in [-0.05, 0) is 6.42 Å². The molecule has 1 N–H and O–H groups in total. The van der Waals surface area contributed by atoms with Crippen molar-refractivity contribution in [2.24, 2.45) is 0 Å². The Balaban J connectivity index is 2.78. The van der Waals surface area contributed by atoms with Gasteiger partial charge in [0, 0.05) is 12.3 Å². The van der Waals surface area contributed by atoms with Gasteiger partial charge >= 0.3 is 5.97 Å². The van der Waals surface area contributed by atoms with Gasteiger partial charge in [-0.1, -0.05) is 20.8 Å². The van der Waals surface area contributed by atoms with E-state index in [4.69, 9.17) is 9.52 Å². The minimum absolute atomic E-state index is 0.0706. The van der Waals surface area contributed by atoms with Gasteiger partial charge < -0.3 is 9.52 Å². The van der Waals surface area contributed by atoms with E-state index in [2.05, 4.69) is 4.98 Å². The summed E-state index contributed by atoms with van der Waals surface area (Å²) in [5, 5.41) is 8.55. The lowest BCUT2D eigenvalue weighted by molar-refractivity contribution is -0.137. The van der Waals surface area contributed by atoms with Crippen molar-refractivity contribution in [3.63, 3.8) is 0 Å². The molecule has 0 aliphatic heterocycles. The Labute approximate surface area is 89.3 Å². The van der Waals surface area contributed by atoms with Gasteiger partial charge in [-0.15, -0.1) is 0 Å². The number of carboxylic acids is 1. The average Bonchev–Trinajstić information content (AvgIpc) is 2.57. The second kappa shape index (κ2) is 4.96. The molecule has 0 bridgehead atoms. The number of hydrogen-bond acceptors (Lipinski definition) is 3. The Morgan fingerprint density at radius 1 is 1.53 bits per heavy atom. The summed E-state index contributed by atoms with van der Waals surface area (Å²) in [5.74, 6) is 0.902. The van der Waals surface area contributed by atoms with E-state index in [1.807, 2.05) is 20.8 Å².